The Bertz CT molecular complexity index is 362. The van der Waals surface area contributed by atoms with Crippen molar-refractivity contribution in [3.05, 3.63) is 35.9 Å². The van der Waals surface area contributed by atoms with Gasteiger partial charge in [-0.2, -0.15) is 0 Å². The Labute approximate surface area is 111 Å². The summed E-state index contributed by atoms with van der Waals surface area (Å²) in [6, 6.07) is 10.1. The average Bonchev–Trinajstić information content (AvgIpc) is 3.19. The zero-order valence-corrected chi connectivity index (χ0v) is 11.4. The van der Waals surface area contributed by atoms with E-state index in [1.54, 1.807) is 0 Å². The lowest BCUT2D eigenvalue weighted by Gasteiger charge is -2.09. The lowest BCUT2D eigenvalue weighted by atomic mass is 10.1. The van der Waals surface area contributed by atoms with Crippen LogP contribution in [0, 0.1) is 5.92 Å². The fraction of sp³-hybridized carbons (Fsp3) is 0.500. The van der Waals surface area contributed by atoms with Gasteiger partial charge in [0.15, 0.2) is 0 Å². The molecule has 2 nitrogen and oxygen atoms in total. The third-order valence-corrected chi connectivity index (χ3v) is 4.18. The third kappa shape index (κ3) is 4.50. The van der Waals surface area contributed by atoms with Gasteiger partial charge in [-0.15, -0.1) is 0 Å². The van der Waals surface area contributed by atoms with E-state index in [0.29, 0.717) is 11.2 Å². The second-order valence-electron chi connectivity index (χ2n) is 4.64. The van der Waals surface area contributed by atoms with E-state index < -0.39 is 0 Å². The quantitative estimate of drug-likeness (QED) is 0.804. The summed E-state index contributed by atoms with van der Waals surface area (Å²) in [4.78, 5) is 12.1. The fourth-order valence-corrected chi connectivity index (χ4v) is 2.52. The predicted octanol–water partition coefficient (Wildman–Crippen LogP) is 2.91. The smallest absolute Gasteiger partial charge is 0.220 e. The zero-order valence-electron chi connectivity index (χ0n) is 9.86. The average molecular weight is 296 g/mol. The van der Waals surface area contributed by atoms with Crippen LogP contribution in [0.5, 0.6) is 0 Å². The van der Waals surface area contributed by atoms with Gasteiger partial charge in [0, 0.05) is 17.8 Å². The molecule has 1 saturated carbocycles. The number of benzene rings is 1. The van der Waals surface area contributed by atoms with Crippen molar-refractivity contribution in [3.8, 4) is 0 Å². The molecule has 92 valence electrons. The van der Waals surface area contributed by atoms with E-state index in [2.05, 4.69) is 33.4 Å². The van der Waals surface area contributed by atoms with Crippen LogP contribution in [0.2, 0.25) is 0 Å². The summed E-state index contributed by atoms with van der Waals surface area (Å²) in [5, 5.41) is 2.99. The first-order valence-corrected chi connectivity index (χ1v) is 7.12. The highest BCUT2D eigenvalue weighted by Crippen LogP contribution is 2.36. The molecule has 0 radical (unpaired) electrons. The standard InChI is InChI=1S/C14H18BrNO/c15-13(12-7-8-12)10-16-14(17)9-6-11-4-2-1-3-5-11/h1-5,12-13H,6-10H2,(H,16,17). The van der Waals surface area contributed by atoms with Crippen molar-refractivity contribution in [2.24, 2.45) is 5.92 Å². The minimum absolute atomic E-state index is 0.152. The van der Waals surface area contributed by atoms with Crippen molar-refractivity contribution in [2.45, 2.75) is 30.5 Å². The van der Waals surface area contributed by atoms with Gasteiger partial charge in [0.1, 0.15) is 0 Å². The molecule has 1 aliphatic rings. The number of rotatable bonds is 6. The van der Waals surface area contributed by atoms with Crippen molar-refractivity contribution >= 4 is 21.8 Å². The first-order chi connectivity index (χ1) is 8.25. The topological polar surface area (TPSA) is 29.1 Å². The van der Waals surface area contributed by atoms with Crippen LogP contribution in [0.15, 0.2) is 30.3 Å². The largest absolute Gasteiger partial charge is 0.355 e. The van der Waals surface area contributed by atoms with E-state index >= 15 is 0 Å². The van der Waals surface area contributed by atoms with Crippen molar-refractivity contribution < 1.29 is 4.79 Å². The Kier molecular flexibility index (Phi) is 4.60. The Hall–Kier alpha value is -0.830. The first-order valence-electron chi connectivity index (χ1n) is 6.20. The highest BCUT2D eigenvalue weighted by atomic mass is 79.9. The molecule has 0 heterocycles. The molecule has 0 spiro atoms. The molecule has 1 amide bonds. The number of alkyl halides is 1. The molecule has 0 aliphatic heterocycles. The molecule has 17 heavy (non-hydrogen) atoms. The van der Waals surface area contributed by atoms with Gasteiger partial charge >= 0.3 is 0 Å². The van der Waals surface area contributed by atoms with Crippen LogP contribution in [0.3, 0.4) is 0 Å². The van der Waals surface area contributed by atoms with Gasteiger partial charge in [-0.3, -0.25) is 4.79 Å². The highest BCUT2D eigenvalue weighted by molar-refractivity contribution is 9.09. The summed E-state index contributed by atoms with van der Waals surface area (Å²) in [6.45, 7) is 0.762. The van der Waals surface area contributed by atoms with E-state index in [1.165, 1.54) is 18.4 Å². The van der Waals surface area contributed by atoms with Crippen LogP contribution < -0.4 is 5.32 Å². The van der Waals surface area contributed by atoms with Crippen LogP contribution in [0.1, 0.15) is 24.8 Å². The van der Waals surface area contributed by atoms with Crippen LogP contribution in [0.25, 0.3) is 0 Å². The second-order valence-corrected chi connectivity index (χ2v) is 5.82. The zero-order chi connectivity index (χ0) is 12.1. The Morgan fingerprint density at radius 3 is 2.71 bits per heavy atom. The van der Waals surface area contributed by atoms with Gasteiger partial charge in [0.25, 0.3) is 0 Å². The summed E-state index contributed by atoms with van der Waals surface area (Å²) in [5.74, 6) is 0.934. The number of aryl methyl sites for hydroxylation is 1. The number of nitrogens with one attached hydrogen (secondary N) is 1. The first kappa shape index (κ1) is 12.6. The van der Waals surface area contributed by atoms with Gasteiger partial charge < -0.3 is 5.32 Å². The molecule has 3 heteroatoms. The third-order valence-electron chi connectivity index (χ3n) is 3.11. The maximum atomic E-state index is 11.6. The molecular weight excluding hydrogens is 278 g/mol. The second kappa shape index (κ2) is 6.20. The number of carbonyl (C=O) groups excluding carboxylic acids is 1. The lowest BCUT2D eigenvalue weighted by Crippen LogP contribution is -2.30. The van der Waals surface area contributed by atoms with Gasteiger partial charge in [0.2, 0.25) is 5.91 Å². The van der Waals surface area contributed by atoms with Crippen molar-refractivity contribution in [1.82, 2.24) is 5.32 Å². The maximum Gasteiger partial charge on any atom is 0.220 e. The Morgan fingerprint density at radius 2 is 2.06 bits per heavy atom. The molecular formula is C14H18BrNO. The molecule has 0 bridgehead atoms. The molecule has 1 atom stereocenters. The van der Waals surface area contributed by atoms with Gasteiger partial charge in [-0.25, -0.2) is 0 Å². The molecule has 0 saturated heterocycles. The number of halogens is 1. The summed E-state index contributed by atoms with van der Waals surface area (Å²) in [5.41, 5.74) is 1.22. The number of hydrogen-bond donors (Lipinski definition) is 1. The van der Waals surface area contributed by atoms with E-state index in [9.17, 15) is 4.79 Å². The van der Waals surface area contributed by atoms with Gasteiger partial charge in [-0.05, 0) is 30.7 Å². The normalized spacial score (nSPS) is 16.5. The van der Waals surface area contributed by atoms with Crippen molar-refractivity contribution in [3.63, 3.8) is 0 Å². The van der Waals surface area contributed by atoms with Crippen LogP contribution in [-0.4, -0.2) is 17.3 Å². The number of amides is 1. The summed E-state index contributed by atoms with van der Waals surface area (Å²) >= 11 is 3.61. The lowest BCUT2D eigenvalue weighted by molar-refractivity contribution is -0.121. The van der Waals surface area contributed by atoms with E-state index in [0.717, 1.165) is 18.9 Å². The van der Waals surface area contributed by atoms with E-state index in [4.69, 9.17) is 0 Å². The molecule has 1 N–H and O–H groups in total. The van der Waals surface area contributed by atoms with Crippen LogP contribution in [0.4, 0.5) is 0 Å². The van der Waals surface area contributed by atoms with E-state index in [-0.39, 0.29) is 5.91 Å². The van der Waals surface area contributed by atoms with Crippen molar-refractivity contribution in [2.75, 3.05) is 6.54 Å². The number of carbonyl (C=O) groups is 1. The van der Waals surface area contributed by atoms with Crippen molar-refractivity contribution in [1.29, 1.82) is 0 Å². The highest BCUT2D eigenvalue weighted by Gasteiger charge is 2.29. The Morgan fingerprint density at radius 1 is 1.35 bits per heavy atom. The Balaban J connectivity index is 1.63. The van der Waals surface area contributed by atoms with Crippen LogP contribution >= 0.6 is 15.9 Å². The molecule has 1 aromatic rings. The molecule has 0 aromatic heterocycles. The molecule has 2 rings (SSSR count). The van der Waals surface area contributed by atoms with Gasteiger partial charge in [0.05, 0.1) is 0 Å². The maximum absolute atomic E-state index is 11.6. The van der Waals surface area contributed by atoms with Gasteiger partial charge in [-0.1, -0.05) is 46.3 Å². The monoisotopic (exact) mass is 295 g/mol. The SMILES string of the molecule is O=C(CCc1ccccc1)NCC(Br)C1CC1. The molecule has 1 aromatic carbocycles. The van der Waals surface area contributed by atoms with Crippen LogP contribution in [-0.2, 0) is 11.2 Å². The fourth-order valence-electron chi connectivity index (χ4n) is 1.83. The molecule has 1 aliphatic carbocycles. The van der Waals surface area contributed by atoms with E-state index in [1.807, 2.05) is 18.2 Å². The molecule has 1 unspecified atom stereocenters. The predicted molar refractivity (Wildman–Crippen MR) is 73.2 cm³/mol. The summed E-state index contributed by atoms with van der Waals surface area (Å²) in [6.07, 6.45) is 4.00. The summed E-state index contributed by atoms with van der Waals surface area (Å²) < 4.78 is 0. The molecule has 1 fully saturated rings. The minimum atomic E-state index is 0.152. The summed E-state index contributed by atoms with van der Waals surface area (Å²) in [7, 11) is 0. The minimum Gasteiger partial charge on any atom is -0.355 e. The number of hydrogen-bond acceptors (Lipinski definition) is 1.